The summed E-state index contributed by atoms with van der Waals surface area (Å²) in [7, 11) is 0.380. The van der Waals surface area contributed by atoms with Crippen LogP contribution >= 0.6 is 7.92 Å². The fourth-order valence-corrected chi connectivity index (χ4v) is 0.708. The van der Waals surface area contributed by atoms with Crippen LogP contribution in [0.3, 0.4) is 0 Å². The molecule has 0 saturated carbocycles. The van der Waals surface area contributed by atoms with Gasteiger partial charge < -0.3 is 10.1 Å². The van der Waals surface area contributed by atoms with Gasteiger partial charge in [-0.25, -0.2) is 0 Å². The summed E-state index contributed by atoms with van der Waals surface area (Å²) in [5.41, 5.74) is 0. The molecular weight excluding hydrogens is 382 g/mol. The molecule has 1 saturated heterocycles. The normalized spacial score (nSPS) is 19.4. The van der Waals surface area contributed by atoms with Gasteiger partial charge in [-0.15, -0.1) is 7.92 Å². The maximum absolute atomic E-state index is 10.4. The fraction of sp³-hybridized carbons (Fsp3) is 0.889. The fourth-order valence-electron chi connectivity index (χ4n) is 0.708. The van der Waals surface area contributed by atoms with Crippen LogP contribution in [0.5, 0.6) is 0 Å². The third kappa shape index (κ3) is 9.01. The SMILES string of the molecule is CC(C)C1COC(=O)[N-]1.CP(C)C.[Au+]. The zero-order valence-electron chi connectivity index (χ0n) is 9.37. The van der Waals surface area contributed by atoms with Crippen LogP contribution < -0.4 is 0 Å². The Morgan fingerprint density at radius 3 is 2.00 bits per heavy atom. The molecule has 1 unspecified atom stereocenters. The Bertz CT molecular complexity index is 162. The maximum Gasteiger partial charge on any atom is 1.00 e. The number of carbonyl (C=O) groups excluding carboxylic acids is 1. The van der Waals surface area contributed by atoms with E-state index in [0.29, 0.717) is 20.4 Å². The first-order valence-corrected chi connectivity index (χ1v) is 7.10. The molecule has 0 N–H and O–H groups in total. The van der Waals surface area contributed by atoms with Gasteiger partial charge in [-0.05, 0) is 20.0 Å². The molecule has 5 heteroatoms. The Kier molecular flexibility index (Phi) is 10.5. The molecule has 1 amide bonds. The second-order valence-corrected chi connectivity index (χ2v) is 6.54. The average Bonchev–Trinajstić information content (AvgIpc) is 2.34. The molecule has 3 nitrogen and oxygen atoms in total. The van der Waals surface area contributed by atoms with Crippen molar-refractivity contribution in [1.82, 2.24) is 0 Å². The van der Waals surface area contributed by atoms with Gasteiger partial charge in [0.15, 0.2) is 0 Å². The maximum atomic E-state index is 10.4. The van der Waals surface area contributed by atoms with Crippen molar-refractivity contribution in [3.63, 3.8) is 0 Å². The second-order valence-electron chi connectivity index (χ2n) is 3.86. The second kappa shape index (κ2) is 8.72. The summed E-state index contributed by atoms with van der Waals surface area (Å²) in [6, 6.07) is 0.0949. The quantitative estimate of drug-likeness (QED) is 0.501. The zero-order chi connectivity index (χ0) is 10.4. The Morgan fingerprint density at radius 1 is 1.43 bits per heavy atom. The summed E-state index contributed by atoms with van der Waals surface area (Å²) in [6.45, 7) is 11.2. The summed E-state index contributed by atoms with van der Waals surface area (Å²) in [6.07, 6.45) is -0.409. The van der Waals surface area contributed by atoms with Gasteiger partial charge in [-0.2, -0.15) is 0 Å². The zero-order valence-corrected chi connectivity index (χ0v) is 12.4. The largest absolute Gasteiger partial charge is 1.00 e. The molecule has 0 aliphatic carbocycles. The molecule has 1 atom stereocenters. The van der Waals surface area contributed by atoms with E-state index in [4.69, 9.17) is 0 Å². The van der Waals surface area contributed by atoms with E-state index in [-0.39, 0.29) is 28.4 Å². The van der Waals surface area contributed by atoms with Gasteiger partial charge >= 0.3 is 22.4 Å². The van der Waals surface area contributed by atoms with E-state index in [1.165, 1.54) is 0 Å². The van der Waals surface area contributed by atoms with E-state index in [1.54, 1.807) is 0 Å². The van der Waals surface area contributed by atoms with E-state index >= 15 is 0 Å². The average molecular weight is 401 g/mol. The van der Waals surface area contributed by atoms with Crippen molar-refractivity contribution in [2.24, 2.45) is 5.92 Å². The number of hydrogen-bond donors (Lipinski definition) is 0. The smallest absolute Gasteiger partial charge is 0.612 e. The summed E-state index contributed by atoms with van der Waals surface area (Å²) in [5.74, 6) is 0.413. The van der Waals surface area contributed by atoms with Crippen molar-refractivity contribution in [3.05, 3.63) is 5.32 Å². The monoisotopic (exact) mass is 401 g/mol. The number of amides is 1. The van der Waals surface area contributed by atoms with Crippen LogP contribution in [-0.2, 0) is 27.1 Å². The summed E-state index contributed by atoms with van der Waals surface area (Å²) in [5, 5.41) is 3.73. The summed E-state index contributed by atoms with van der Waals surface area (Å²) < 4.78 is 4.62. The summed E-state index contributed by atoms with van der Waals surface area (Å²) >= 11 is 0. The van der Waals surface area contributed by atoms with E-state index in [1.807, 2.05) is 13.8 Å². The molecule has 1 rings (SSSR count). The minimum atomic E-state index is -0.409. The predicted molar refractivity (Wildman–Crippen MR) is 58.0 cm³/mol. The molecule has 14 heavy (non-hydrogen) atoms. The summed E-state index contributed by atoms with van der Waals surface area (Å²) in [4.78, 5) is 10.4. The molecule has 0 aromatic carbocycles. The van der Waals surface area contributed by atoms with E-state index in [9.17, 15) is 4.79 Å². The van der Waals surface area contributed by atoms with Gasteiger partial charge in [-0.3, -0.25) is 4.79 Å². The molecule has 1 fully saturated rings. The molecule has 88 valence electrons. The Hall–Kier alpha value is 0.440. The molecule has 0 spiro atoms. The number of cyclic esters (lactones) is 1. The third-order valence-electron chi connectivity index (χ3n) is 1.42. The molecule has 0 bridgehead atoms. The van der Waals surface area contributed by atoms with E-state index in [0.717, 1.165) is 0 Å². The Labute approximate surface area is 104 Å². The van der Waals surface area contributed by atoms with E-state index in [2.05, 4.69) is 30.0 Å². The first-order chi connectivity index (χ1) is 5.93. The molecule has 0 aromatic rings. The molecule has 0 radical (unpaired) electrons. The van der Waals surface area contributed by atoms with Crippen molar-refractivity contribution in [1.29, 1.82) is 0 Å². The molecule has 1 heterocycles. The minimum Gasteiger partial charge on any atom is -0.612 e. The van der Waals surface area contributed by atoms with Crippen LogP contribution in [0.2, 0.25) is 0 Å². The van der Waals surface area contributed by atoms with Crippen LogP contribution in [0, 0.1) is 5.92 Å². The number of carbonyl (C=O) groups is 1. The number of hydrogen-bond acceptors (Lipinski definition) is 2. The standard InChI is InChI=1S/C6H11NO2.C3H9P.Au/c1-4(2)5-3-9-6(8)7-5;1-4(2)3;/h4-5H,3H2,1-2H3,(H,7,8);1-3H3;/q;;+1/p-1. The Balaban J connectivity index is 0. The molecule has 0 aromatic heterocycles. The topological polar surface area (TPSA) is 40.4 Å². The van der Waals surface area contributed by atoms with Crippen molar-refractivity contribution in [2.45, 2.75) is 19.9 Å². The van der Waals surface area contributed by atoms with Gasteiger partial charge in [0, 0.05) is 0 Å². The van der Waals surface area contributed by atoms with Crippen LogP contribution in [-0.4, -0.2) is 38.7 Å². The minimum absolute atomic E-state index is 0. The van der Waals surface area contributed by atoms with Gasteiger partial charge in [0.05, 0.1) is 6.61 Å². The molecule has 1 aliphatic rings. The Morgan fingerprint density at radius 2 is 1.86 bits per heavy atom. The third-order valence-corrected chi connectivity index (χ3v) is 1.42. The predicted octanol–water partition coefficient (Wildman–Crippen LogP) is 2.89. The number of nitrogens with zero attached hydrogens (tertiary/aromatic N) is 1. The molecule has 1 aliphatic heterocycles. The van der Waals surface area contributed by atoms with Gasteiger partial charge in [0.1, 0.15) is 0 Å². The van der Waals surface area contributed by atoms with Crippen molar-refractivity contribution < 1.29 is 31.9 Å². The first kappa shape index (κ1) is 16.9. The van der Waals surface area contributed by atoms with Crippen LogP contribution in [0.15, 0.2) is 0 Å². The molecular formula is C9H19AuNO2P. The first-order valence-electron chi connectivity index (χ1n) is 4.42. The van der Waals surface area contributed by atoms with Gasteiger partial charge in [0.2, 0.25) is 6.09 Å². The number of ether oxygens (including phenoxy) is 1. The van der Waals surface area contributed by atoms with Crippen molar-refractivity contribution in [2.75, 3.05) is 26.6 Å². The van der Waals surface area contributed by atoms with E-state index < -0.39 is 6.09 Å². The van der Waals surface area contributed by atoms with Gasteiger partial charge in [-0.1, -0.05) is 25.8 Å². The van der Waals surface area contributed by atoms with Crippen LogP contribution in [0.25, 0.3) is 5.32 Å². The van der Waals surface area contributed by atoms with Crippen molar-refractivity contribution >= 4 is 14.0 Å². The van der Waals surface area contributed by atoms with Crippen molar-refractivity contribution in [3.8, 4) is 0 Å². The van der Waals surface area contributed by atoms with Gasteiger partial charge in [0.25, 0.3) is 0 Å². The van der Waals surface area contributed by atoms with Crippen LogP contribution in [0.1, 0.15) is 13.8 Å². The number of rotatable bonds is 1. The van der Waals surface area contributed by atoms with Crippen LogP contribution in [0.4, 0.5) is 4.79 Å².